The molecule has 0 radical (unpaired) electrons. The van der Waals surface area contributed by atoms with E-state index in [1.165, 1.54) is 205 Å². The number of rotatable bonds is 49. The monoisotopic (exact) mass is 835 g/mol. The van der Waals surface area contributed by atoms with Gasteiger partial charge in [0.15, 0.2) is 6.10 Å². The van der Waals surface area contributed by atoms with Crippen molar-refractivity contribution >= 4 is 17.9 Å². The Morgan fingerprint density at radius 1 is 0.271 bits per heavy atom. The number of hydrogen-bond donors (Lipinski definition) is 0. The fourth-order valence-electron chi connectivity index (χ4n) is 8.09. The third-order valence-electron chi connectivity index (χ3n) is 12.1. The molecule has 6 nitrogen and oxygen atoms in total. The maximum Gasteiger partial charge on any atom is 0.306 e. The number of ether oxygens (including phenoxy) is 3. The predicted octanol–water partition coefficient (Wildman–Crippen LogP) is 17.2. The number of unbranched alkanes of at least 4 members (excludes halogenated alkanes) is 38. The zero-order chi connectivity index (χ0) is 43.0. The van der Waals surface area contributed by atoms with E-state index in [-0.39, 0.29) is 31.1 Å². The summed E-state index contributed by atoms with van der Waals surface area (Å²) in [6.07, 6.45) is 52.3. The van der Waals surface area contributed by atoms with Gasteiger partial charge in [0, 0.05) is 19.3 Å². The van der Waals surface area contributed by atoms with E-state index in [9.17, 15) is 14.4 Å². The van der Waals surface area contributed by atoms with E-state index in [2.05, 4.69) is 20.8 Å². The van der Waals surface area contributed by atoms with Crippen molar-refractivity contribution in [3.63, 3.8) is 0 Å². The standard InChI is InChI=1S/C53H102O6/c1-4-7-10-13-16-19-22-23-24-25-26-27-28-29-32-34-37-40-43-46-52(55)58-49-50(59-53(56)47-44-41-38-35-31-21-18-15-12-9-6-3)48-57-51(54)45-42-39-36-33-30-20-17-14-11-8-5-2/h50H,4-49H2,1-3H3/t50-/m1/s1. The Balaban J connectivity index is 4.21. The topological polar surface area (TPSA) is 78.9 Å². The molecule has 1 atom stereocenters. The van der Waals surface area contributed by atoms with Gasteiger partial charge in [-0.25, -0.2) is 0 Å². The van der Waals surface area contributed by atoms with Crippen molar-refractivity contribution in [3.05, 3.63) is 0 Å². The summed E-state index contributed by atoms with van der Waals surface area (Å²) >= 11 is 0. The van der Waals surface area contributed by atoms with Crippen LogP contribution in [0.25, 0.3) is 0 Å². The molecule has 6 heteroatoms. The molecule has 350 valence electrons. The highest BCUT2D eigenvalue weighted by molar-refractivity contribution is 5.71. The molecule has 0 fully saturated rings. The molecule has 0 rings (SSSR count). The lowest BCUT2D eigenvalue weighted by molar-refractivity contribution is -0.167. The van der Waals surface area contributed by atoms with Gasteiger partial charge in [0.2, 0.25) is 0 Å². The fraction of sp³-hybridized carbons (Fsp3) is 0.943. The highest BCUT2D eigenvalue weighted by atomic mass is 16.6. The van der Waals surface area contributed by atoms with Crippen LogP contribution in [0.1, 0.15) is 303 Å². The first-order valence-electron chi connectivity index (χ1n) is 26.5. The van der Waals surface area contributed by atoms with E-state index in [1.54, 1.807) is 0 Å². The highest BCUT2D eigenvalue weighted by Gasteiger charge is 2.19. The van der Waals surface area contributed by atoms with Gasteiger partial charge in [-0.3, -0.25) is 14.4 Å². The smallest absolute Gasteiger partial charge is 0.306 e. The first-order valence-corrected chi connectivity index (χ1v) is 26.5. The van der Waals surface area contributed by atoms with Crippen LogP contribution in [-0.4, -0.2) is 37.2 Å². The molecule has 0 N–H and O–H groups in total. The predicted molar refractivity (Wildman–Crippen MR) is 252 cm³/mol. The summed E-state index contributed by atoms with van der Waals surface area (Å²) in [5.41, 5.74) is 0. The molecule has 0 saturated carbocycles. The van der Waals surface area contributed by atoms with Crippen LogP contribution < -0.4 is 0 Å². The summed E-state index contributed by atoms with van der Waals surface area (Å²) in [5, 5.41) is 0. The summed E-state index contributed by atoms with van der Waals surface area (Å²) in [6, 6.07) is 0. The molecule has 0 aromatic carbocycles. The van der Waals surface area contributed by atoms with Crippen LogP contribution in [-0.2, 0) is 28.6 Å². The minimum atomic E-state index is -0.759. The first kappa shape index (κ1) is 57.4. The van der Waals surface area contributed by atoms with Gasteiger partial charge >= 0.3 is 17.9 Å². The minimum Gasteiger partial charge on any atom is -0.462 e. The third kappa shape index (κ3) is 47.3. The number of carbonyl (C=O) groups is 3. The average Bonchev–Trinajstić information content (AvgIpc) is 3.23. The number of carbonyl (C=O) groups excluding carboxylic acids is 3. The van der Waals surface area contributed by atoms with E-state index >= 15 is 0 Å². The molecular weight excluding hydrogens is 733 g/mol. The SMILES string of the molecule is CCCCCCCCCCCCCCCCCCCCCC(=O)OC[C@@H](COC(=O)CCCCCCCCCCCCC)OC(=O)CCCCCCCCCCCCC. The van der Waals surface area contributed by atoms with Crippen molar-refractivity contribution in [2.45, 2.75) is 309 Å². The van der Waals surface area contributed by atoms with Gasteiger partial charge in [-0.1, -0.05) is 265 Å². The molecule has 59 heavy (non-hydrogen) atoms. The summed E-state index contributed by atoms with van der Waals surface area (Å²) in [7, 11) is 0. The quantitative estimate of drug-likeness (QED) is 0.0345. The minimum absolute atomic E-state index is 0.0618. The molecule has 0 unspecified atom stereocenters. The van der Waals surface area contributed by atoms with Crippen molar-refractivity contribution in [1.82, 2.24) is 0 Å². The van der Waals surface area contributed by atoms with Gasteiger partial charge in [-0.2, -0.15) is 0 Å². The maximum atomic E-state index is 12.7. The molecule has 0 amide bonds. The van der Waals surface area contributed by atoms with Crippen LogP contribution in [0.2, 0.25) is 0 Å². The Bertz CT molecular complexity index is 874. The lowest BCUT2D eigenvalue weighted by atomic mass is 10.0. The van der Waals surface area contributed by atoms with Gasteiger partial charge in [0.1, 0.15) is 13.2 Å². The first-order chi connectivity index (χ1) is 29.0. The molecular formula is C53H102O6. The van der Waals surface area contributed by atoms with E-state index in [0.717, 1.165) is 57.8 Å². The van der Waals surface area contributed by atoms with Gasteiger partial charge < -0.3 is 14.2 Å². The van der Waals surface area contributed by atoms with Crippen LogP contribution in [0.4, 0.5) is 0 Å². The average molecular weight is 835 g/mol. The van der Waals surface area contributed by atoms with Crippen LogP contribution in [0.3, 0.4) is 0 Å². The van der Waals surface area contributed by atoms with Gasteiger partial charge in [-0.05, 0) is 19.3 Å². The van der Waals surface area contributed by atoms with Crippen LogP contribution >= 0.6 is 0 Å². The fourth-order valence-corrected chi connectivity index (χ4v) is 8.09. The van der Waals surface area contributed by atoms with Gasteiger partial charge in [0.25, 0.3) is 0 Å². The summed E-state index contributed by atoms with van der Waals surface area (Å²) in [6.45, 7) is 6.67. The number of hydrogen-bond acceptors (Lipinski definition) is 6. The summed E-state index contributed by atoms with van der Waals surface area (Å²) in [5.74, 6) is -0.842. The second kappa shape index (κ2) is 49.1. The van der Waals surface area contributed by atoms with Crippen molar-refractivity contribution in [2.24, 2.45) is 0 Å². The van der Waals surface area contributed by atoms with E-state index in [4.69, 9.17) is 14.2 Å². The molecule has 0 aliphatic carbocycles. The van der Waals surface area contributed by atoms with Crippen molar-refractivity contribution in [3.8, 4) is 0 Å². The third-order valence-corrected chi connectivity index (χ3v) is 12.1. The van der Waals surface area contributed by atoms with Crippen LogP contribution in [0, 0.1) is 0 Å². The van der Waals surface area contributed by atoms with Crippen molar-refractivity contribution in [2.75, 3.05) is 13.2 Å². The van der Waals surface area contributed by atoms with Crippen LogP contribution in [0.15, 0.2) is 0 Å². The molecule has 0 bridgehead atoms. The Morgan fingerprint density at radius 3 is 0.678 bits per heavy atom. The lowest BCUT2D eigenvalue weighted by Crippen LogP contribution is -2.30. The number of esters is 3. The van der Waals surface area contributed by atoms with E-state index in [0.29, 0.717) is 19.3 Å². The summed E-state index contributed by atoms with van der Waals surface area (Å²) < 4.78 is 16.8. The normalized spacial score (nSPS) is 11.8. The second-order valence-electron chi connectivity index (χ2n) is 18.2. The van der Waals surface area contributed by atoms with Gasteiger partial charge in [-0.15, -0.1) is 0 Å². The Hall–Kier alpha value is -1.59. The Morgan fingerprint density at radius 2 is 0.458 bits per heavy atom. The molecule has 0 aromatic heterocycles. The largest absolute Gasteiger partial charge is 0.462 e. The Kier molecular flexibility index (Phi) is 47.7. The lowest BCUT2D eigenvalue weighted by Gasteiger charge is -2.18. The molecule has 0 saturated heterocycles. The van der Waals surface area contributed by atoms with Crippen molar-refractivity contribution in [1.29, 1.82) is 0 Å². The molecule has 0 aliphatic rings. The Labute approximate surface area is 368 Å². The zero-order valence-electron chi connectivity index (χ0n) is 40.1. The molecule has 0 heterocycles. The highest BCUT2D eigenvalue weighted by Crippen LogP contribution is 2.17. The van der Waals surface area contributed by atoms with Gasteiger partial charge in [0.05, 0.1) is 0 Å². The second-order valence-corrected chi connectivity index (χ2v) is 18.2. The van der Waals surface area contributed by atoms with Crippen LogP contribution in [0.5, 0.6) is 0 Å². The van der Waals surface area contributed by atoms with E-state index < -0.39 is 6.10 Å². The maximum absolute atomic E-state index is 12.7. The molecule has 0 aromatic rings. The molecule has 0 aliphatic heterocycles. The zero-order valence-corrected chi connectivity index (χ0v) is 40.1. The van der Waals surface area contributed by atoms with E-state index in [1.807, 2.05) is 0 Å². The summed E-state index contributed by atoms with van der Waals surface area (Å²) in [4.78, 5) is 37.9. The van der Waals surface area contributed by atoms with Crippen molar-refractivity contribution < 1.29 is 28.6 Å². The molecule has 0 spiro atoms.